The van der Waals surface area contributed by atoms with Gasteiger partial charge in [0.1, 0.15) is 5.75 Å². The summed E-state index contributed by atoms with van der Waals surface area (Å²) >= 11 is 0. The Labute approximate surface area is 85.5 Å². The summed E-state index contributed by atoms with van der Waals surface area (Å²) in [5.74, 6) is 1.44. The van der Waals surface area contributed by atoms with Crippen molar-refractivity contribution in [3.8, 4) is 5.75 Å². The van der Waals surface area contributed by atoms with E-state index in [9.17, 15) is 0 Å². The monoisotopic (exact) mass is 194 g/mol. The molecule has 0 radical (unpaired) electrons. The molecule has 0 heterocycles. The molecule has 0 aromatic heterocycles. The number of benzene rings is 1. The van der Waals surface area contributed by atoms with Gasteiger partial charge in [-0.25, -0.2) is 0 Å². The predicted octanol–water partition coefficient (Wildman–Crippen LogP) is 2.26. The summed E-state index contributed by atoms with van der Waals surface area (Å²) in [6.45, 7) is 2.40. The Bertz CT molecular complexity index is 271. The zero-order valence-corrected chi connectivity index (χ0v) is 8.86. The zero-order valence-electron chi connectivity index (χ0n) is 8.86. The molecule has 2 heteroatoms. The standard InChI is InChI=1S/C12H18O2/c1-10(7-8-13)9-11-5-3-4-6-12(11)14-2/h3-6,10,13H,7-9H2,1-2H3. The van der Waals surface area contributed by atoms with Gasteiger partial charge in [-0.2, -0.15) is 0 Å². The summed E-state index contributed by atoms with van der Waals surface area (Å²) < 4.78 is 5.26. The maximum absolute atomic E-state index is 8.81. The summed E-state index contributed by atoms with van der Waals surface area (Å²) in [5.41, 5.74) is 1.22. The van der Waals surface area contributed by atoms with Crippen LogP contribution in [0.25, 0.3) is 0 Å². The van der Waals surface area contributed by atoms with Gasteiger partial charge in [-0.05, 0) is 30.4 Å². The molecule has 2 nitrogen and oxygen atoms in total. The van der Waals surface area contributed by atoms with E-state index in [2.05, 4.69) is 13.0 Å². The molecular formula is C12H18O2. The molecule has 0 amide bonds. The van der Waals surface area contributed by atoms with Crippen molar-refractivity contribution in [2.45, 2.75) is 19.8 Å². The highest BCUT2D eigenvalue weighted by molar-refractivity contribution is 5.33. The lowest BCUT2D eigenvalue weighted by atomic mass is 9.98. The van der Waals surface area contributed by atoms with Crippen molar-refractivity contribution in [3.05, 3.63) is 29.8 Å². The molecule has 78 valence electrons. The SMILES string of the molecule is COc1ccccc1CC(C)CCO. The van der Waals surface area contributed by atoms with Crippen LogP contribution in [0.3, 0.4) is 0 Å². The Morgan fingerprint density at radius 1 is 1.36 bits per heavy atom. The predicted molar refractivity (Wildman–Crippen MR) is 57.6 cm³/mol. The normalized spacial score (nSPS) is 12.5. The van der Waals surface area contributed by atoms with Crippen molar-refractivity contribution in [1.29, 1.82) is 0 Å². The molecule has 1 aromatic carbocycles. The first-order valence-electron chi connectivity index (χ1n) is 5.00. The average Bonchev–Trinajstić information content (AvgIpc) is 2.19. The minimum absolute atomic E-state index is 0.260. The van der Waals surface area contributed by atoms with Crippen LogP contribution in [-0.4, -0.2) is 18.8 Å². The second kappa shape index (κ2) is 5.66. The van der Waals surface area contributed by atoms with E-state index in [0.717, 1.165) is 18.6 Å². The van der Waals surface area contributed by atoms with Gasteiger partial charge in [0.15, 0.2) is 0 Å². The number of rotatable bonds is 5. The van der Waals surface area contributed by atoms with Crippen molar-refractivity contribution >= 4 is 0 Å². The van der Waals surface area contributed by atoms with Gasteiger partial charge >= 0.3 is 0 Å². The molecule has 0 bridgehead atoms. The van der Waals surface area contributed by atoms with Crippen molar-refractivity contribution in [3.63, 3.8) is 0 Å². The molecule has 0 saturated carbocycles. The molecule has 0 aliphatic carbocycles. The van der Waals surface area contributed by atoms with Crippen LogP contribution in [0.4, 0.5) is 0 Å². The lowest BCUT2D eigenvalue weighted by Gasteiger charge is -2.12. The third kappa shape index (κ3) is 3.04. The van der Waals surface area contributed by atoms with E-state index >= 15 is 0 Å². The average molecular weight is 194 g/mol. The fraction of sp³-hybridized carbons (Fsp3) is 0.500. The van der Waals surface area contributed by atoms with Crippen molar-refractivity contribution < 1.29 is 9.84 Å². The maximum atomic E-state index is 8.81. The molecule has 0 fully saturated rings. The highest BCUT2D eigenvalue weighted by Crippen LogP contribution is 2.21. The third-order valence-electron chi connectivity index (χ3n) is 2.38. The molecule has 0 saturated heterocycles. The lowest BCUT2D eigenvalue weighted by Crippen LogP contribution is -2.03. The molecule has 1 N–H and O–H groups in total. The maximum Gasteiger partial charge on any atom is 0.122 e. The number of ether oxygens (including phenoxy) is 1. The largest absolute Gasteiger partial charge is 0.496 e. The van der Waals surface area contributed by atoms with Crippen LogP contribution in [0.2, 0.25) is 0 Å². The first-order valence-corrected chi connectivity index (χ1v) is 5.00. The van der Waals surface area contributed by atoms with E-state index < -0.39 is 0 Å². The van der Waals surface area contributed by atoms with Gasteiger partial charge in [0.2, 0.25) is 0 Å². The van der Waals surface area contributed by atoms with Crippen molar-refractivity contribution in [1.82, 2.24) is 0 Å². The van der Waals surface area contributed by atoms with Gasteiger partial charge in [0.25, 0.3) is 0 Å². The molecule has 1 aromatic rings. The molecule has 0 aliphatic rings. The Morgan fingerprint density at radius 3 is 2.71 bits per heavy atom. The minimum atomic E-state index is 0.260. The highest BCUT2D eigenvalue weighted by Gasteiger charge is 2.06. The van der Waals surface area contributed by atoms with Gasteiger partial charge < -0.3 is 9.84 Å². The number of hydrogen-bond acceptors (Lipinski definition) is 2. The molecular weight excluding hydrogens is 176 g/mol. The number of aliphatic hydroxyl groups is 1. The Morgan fingerprint density at radius 2 is 2.07 bits per heavy atom. The first kappa shape index (κ1) is 11.1. The fourth-order valence-corrected chi connectivity index (χ4v) is 1.57. The quantitative estimate of drug-likeness (QED) is 0.779. The number of methoxy groups -OCH3 is 1. The Hall–Kier alpha value is -1.02. The van der Waals surface area contributed by atoms with Crippen molar-refractivity contribution in [2.75, 3.05) is 13.7 Å². The Kier molecular flexibility index (Phi) is 4.47. The van der Waals surface area contributed by atoms with Gasteiger partial charge in [0.05, 0.1) is 7.11 Å². The second-order valence-electron chi connectivity index (χ2n) is 3.63. The molecule has 14 heavy (non-hydrogen) atoms. The second-order valence-corrected chi connectivity index (χ2v) is 3.63. The van der Waals surface area contributed by atoms with E-state index in [1.165, 1.54) is 5.56 Å². The number of hydrogen-bond donors (Lipinski definition) is 1. The summed E-state index contributed by atoms with van der Waals surface area (Å²) in [6, 6.07) is 8.04. The van der Waals surface area contributed by atoms with Crippen LogP contribution < -0.4 is 4.74 Å². The van der Waals surface area contributed by atoms with Gasteiger partial charge in [-0.3, -0.25) is 0 Å². The summed E-state index contributed by atoms with van der Waals surface area (Å²) in [5, 5.41) is 8.81. The Balaban J connectivity index is 2.65. The highest BCUT2D eigenvalue weighted by atomic mass is 16.5. The topological polar surface area (TPSA) is 29.5 Å². The van der Waals surface area contributed by atoms with Crippen LogP contribution in [0.1, 0.15) is 18.9 Å². The van der Waals surface area contributed by atoms with Gasteiger partial charge in [0, 0.05) is 6.61 Å². The van der Waals surface area contributed by atoms with Crippen molar-refractivity contribution in [2.24, 2.45) is 5.92 Å². The van der Waals surface area contributed by atoms with E-state index in [1.54, 1.807) is 7.11 Å². The molecule has 1 unspecified atom stereocenters. The van der Waals surface area contributed by atoms with Gasteiger partial charge in [-0.1, -0.05) is 25.1 Å². The van der Waals surface area contributed by atoms with Crippen LogP contribution >= 0.6 is 0 Å². The van der Waals surface area contributed by atoms with Crippen LogP contribution in [-0.2, 0) is 6.42 Å². The van der Waals surface area contributed by atoms with E-state index in [0.29, 0.717) is 5.92 Å². The first-order chi connectivity index (χ1) is 6.77. The number of aliphatic hydroxyl groups excluding tert-OH is 1. The zero-order chi connectivity index (χ0) is 10.4. The molecule has 0 aliphatic heterocycles. The fourth-order valence-electron chi connectivity index (χ4n) is 1.57. The summed E-state index contributed by atoms with van der Waals surface area (Å²) in [7, 11) is 1.69. The third-order valence-corrected chi connectivity index (χ3v) is 2.38. The van der Waals surface area contributed by atoms with Crippen LogP contribution in [0.15, 0.2) is 24.3 Å². The van der Waals surface area contributed by atoms with Crippen LogP contribution in [0.5, 0.6) is 5.75 Å². The van der Waals surface area contributed by atoms with E-state index in [-0.39, 0.29) is 6.61 Å². The van der Waals surface area contributed by atoms with E-state index in [1.807, 2.05) is 18.2 Å². The molecule has 1 rings (SSSR count). The molecule has 0 spiro atoms. The lowest BCUT2D eigenvalue weighted by molar-refractivity contribution is 0.261. The minimum Gasteiger partial charge on any atom is -0.496 e. The van der Waals surface area contributed by atoms with E-state index in [4.69, 9.17) is 9.84 Å². The molecule has 1 atom stereocenters. The van der Waals surface area contributed by atoms with Gasteiger partial charge in [-0.15, -0.1) is 0 Å². The summed E-state index contributed by atoms with van der Waals surface area (Å²) in [4.78, 5) is 0. The van der Waals surface area contributed by atoms with Crippen LogP contribution in [0, 0.1) is 5.92 Å². The number of para-hydroxylation sites is 1. The summed E-state index contributed by atoms with van der Waals surface area (Å²) in [6.07, 6.45) is 1.81. The smallest absolute Gasteiger partial charge is 0.122 e.